The summed E-state index contributed by atoms with van der Waals surface area (Å²) in [7, 11) is 0. The van der Waals surface area contributed by atoms with Crippen molar-refractivity contribution in [3.63, 3.8) is 0 Å². The van der Waals surface area contributed by atoms with Crippen molar-refractivity contribution in [2.75, 3.05) is 23.4 Å². The molecule has 1 aliphatic heterocycles. The number of carboxylic acids is 1. The van der Waals surface area contributed by atoms with E-state index in [2.05, 4.69) is 5.32 Å². The molecule has 2 N–H and O–H groups in total. The summed E-state index contributed by atoms with van der Waals surface area (Å²) in [5.41, 5.74) is 0.986. The summed E-state index contributed by atoms with van der Waals surface area (Å²) in [6, 6.07) is 17.1. The summed E-state index contributed by atoms with van der Waals surface area (Å²) in [5, 5.41) is 12.2. The fourth-order valence-corrected chi connectivity index (χ4v) is 3.57. The Morgan fingerprint density at radius 1 is 1.00 bits per heavy atom. The van der Waals surface area contributed by atoms with Crippen molar-refractivity contribution in [3.8, 4) is 5.75 Å². The number of carbonyl (C=O) groups is 4. The lowest BCUT2D eigenvalue weighted by Gasteiger charge is -2.29. The van der Waals surface area contributed by atoms with Crippen molar-refractivity contribution in [1.29, 1.82) is 0 Å². The molecule has 2 amide bonds. The van der Waals surface area contributed by atoms with Gasteiger partial charge in [-0.1, -0.05) is 41.9 Å². The Balaban J connectivity index is 1.59. The highest BCUT2D eigenvalue weighted by molar-refractivity contribution is 6.31. The minimum absolute atomic E-state index is 0.0501. The minimum Gasteiger partial charge on any atom is -0.482 e. The first-order valence-electron chi connectivity index (χ1n) is 9.83. The first kappa shape index (κ1) is 22.0. The first-order valence-corrected chi connectivity index (χ1v) is 10.2. The van der Waals surface area contributed by atoms with Crippen LogP contribution >= 0.6 is 11.6 Å². The summed E-state index contributed by atoms with van der Waals surface area (Å²) in [5.74, 6) is -2.30. The number of anilines is 2. The topological polar surface area (TPSA) is 113 Å². The van der Waals surface area contributed by atoms with E-state index < -0.39 is 24.3 Å². The van der Waals surface area contributed by atoms with Crippen LogP contribution in [0.15, 0.2) is 66.7 Å². The molecule has 0 bridgehead atoms. The molecule has 0 atom stereocenters. The first-order chi connectivity index (χ1) is 15.8. The van der Waals surface area contributed by atoms with Crippen molar-refractivity contribution in [2.24, 2.45) is 0 Å². The molecule has 9 heteroatoms. The quantitative estimate of drug-likeness (QED) is 0.538. The largest absolute Gasteiger partial charge is 0.482 e. The molecule has 0 fully saturated rings. The number of nitrogens with one attached hydrogen (secondary N) is 1. The minimum atomic E-state index is -1.18. The van der Waals surface area contributed by atoms with Crippen LogP contribution in [0.5, 0.6) is 5.75 Å². The van der Waals surface area contributed by atoms with Crippen LogP contribution < -0.4 is 15.0 Å². The van der Waals surface area contributed by atoms with E-state index in [1.807, 2.05) is 0 Å². The van der Waals surface area contributed by atoms with E-state index in [0.717, 1.165) is 4.90 Å². The average Bonchev–Trinajstić information content (AvgIpc) is 2.81. The van der Waals surface area contributed by atoms with Crippen LogP contribution in [0.25, 0.3) is 0 Å². The van der Waals surface area contributed by atoms with E-state index in [4.69, 9.17) is 16.3 Å². The number of amides is 2. The predicted molar refractivity (Wildman–Crippen MR) is 121 cm³/mol. The Labute approximate surface area is 193 Å². The van der Waals surface area contributed by atoms with Gasteiger partial charge in [-0.15, -0.1) is 0 Å². The summed E-state index contributed by atoms with van der Waals surface area (Å²) < 4.78 is 5.34. The van der Waals surface area contributed by atoms with Crippen molar-refractivity contribution in [2.45, 2.75) is 0 Å². The molecule has 0 saturated carbocycles. The molecule has 33 heavy (non-hydrogen) atoms. The number of carbonyl (C=O) groups excluding carboxylic acids is 3. The third kappa shape index (κ3) is 4.70. The number of hydrogen-bond donors (Lipinski definition) is 2. The van der Waals surface area contributed by atoms with Gasteiger partial charge in [0.1, 0.15) is 12.3 Å². The molecule has 1 heterocycles. The van der Waals surface area contributed by atoms with Crippen LogP contribution in [0.1, 0.15) is 26.3 Å². The third-order valence-corrected chi connectivity index (χ3v) is 5.22. The fourth-order valence-electron chi connectivity index (χ4n) is 3.40. The Bertz CT molecular complexity index is 1280. The van der Waals surface area contributed by atoms with E-state index in [1.54, 1.807) is 30.3 Å². The van der Waals surface area contributed by atoms with Gasteiger partial charge in [0.05, 0.1) is 16.9 Å². The Hall–Kier alpha value is -4.17. The molecule has 0 aromatic heterocycles. The average molecular weight is 465 g/mol. The number of rotatable bonds is 6. The molecule has 3 aromatic rings. The van der Waals surface area contributed by atoms with Gasteiger partial charge in [0.15, 0.2) is 12.4 Å². The van der Waals surface area contributed by atoms with Gasteiger partial charge in [-0.3, -0.25) is 19.3 Å². The SMILES string of the molecule is O=C(CN1C(=O)COc2ccc(C(=O)O)cc21)Nc1ccc(Cl)cc1C(=O)c1ccccc1. The number of fused-ring (bicyclic) bond motifs is 1. The molecule has 8 nitrogen and oxygen atoms in total. The van der Waals surface area contributed by atoms with E-state index >= 15 is 0 Å². The molecule has 0 spiro atoms. The number of hydrogen-bond acceptors (Lipinski definition) is 5. The van der Waals surface area contributed by atoms with Gasteiger partial charge in [-0.25, -0.2) is 4.79 Å². The maximum atomic E-state index is 13.0. The predicted octanol–water partition coefficient (Wildman–Crippen LogP) is 3.63. The standard InChI is InChI=1S/C24H17ClN2O6/c25-16-7-8-18(17(11-16)23(30)14-4-2-1-3-5-14)26-21(28)12-27-19-10-15(24(31)32)6-9-20(19)33-13-22(27)29/h1-11H,12-13H2,(H,26,28)(H,31,32). The summed E-state index contributed by atoms with van der Waals surface area (Å²) in [4.78, 5) is 50.7. The molecule has 0 unspecified atom stereocenters. The van der Waals surface area contributed by atoms with Crippen molar-refractivity contribution in [3.05, 3.63) is 88.4 Å². The zero-order chi connectivity index (χ0) is 23.5. The number of benzene rings is 3. The maximum absolute atomic E-state index is 13.0. The molecule has 4 rings (SSSR count). The second-order valence-corrected chi connectivity index (χ2v) is 7.63. The van der Waals surface area contributed by atoms with Crippen LogP contribution in [0, 0.1) is 0 Å². The van der Waals surface area contributed by atoms with Crippen molar-refractivity contribution >= 4 is 46.5 Å². The Morgan fingerprint density at radius 2 is 1.76 bits per heavy atom. The molecule has 1 aliphatic rings. The number of carboxylic acid groups (broad SMARTS) is 1. The third-order valence-electron chi connectivity index (χ3n) is 4.99. The number of aromatic carboxylic acids is 1. The monoisotopic (exact) mass is 464 g/mol. The molecule has 0 saturated heterocycles. The van der Waals surface area contributed by atoms with E-state index in [1.165, 1.54) is 36.4 Å². The fraction of sp³-hybridized carbons (Fsp3) is 0.0833. The van der Waals surface area contributed by atoms with Crippen LogP contribution in [-0.4, -0.2) is 41.8 Å². The Morgan fingerprint density at radius 3 is 2.48 bits per heavy atom. The zero-order valence-electron chi connectivity index (χ0n) is 17.1. The lowest BCUT2D eigenvalue weighted by molar-refractivity contribution is -0.123. The van der Waals surface area contributed by atoms with Gasteiger partial charge in [0.2, 0.25) is 5.91 Å². The summed E-state index contributed by atoms with van der Waals surface area (Å²) >= 11 is 6.08. The van der Waals surface area contributed by atoms with E-state index in [-0.39, 0.29) is 34.9 Å². The van der Waals surface area contributed by atoms with E-state index in [0.29, 0.717) is 16.3 Å². The van der Waals surface area contributed by atoms with Crippen LogP contribution in [0.2, 0.25) is 5.02 Å². The number of nitrogens with zero attached hydrogens (tertiary/aromatic N) is 1. The number of halogens is 1. The van der Waals surface area contributed by atoms with Crippen molar-refractivity contribution in [1.82, 2.24) is 0 Å². The number of ether oxygens (including phenoxy) is 1. The van der Waals surface area contributed by atoms with Gasteiger partial charge in [-0.05, 0) is 36.4 Å². The summed E-state index contributed by atoms with van der Waals surface area (Å²) in [6.07, 6.45) is 0. The lowest BCUT2D eigenvalue weighted by atomic mass is 10.0. The molecule has 3 aromatic carbocycles. The second-order valence-electron chi connectivity index (χ2n) is 7.19. The summed E-state index contributed by atoms with van der Waals surface area (Å²) in [6.45, 7) is -0.689. The Kier molecular flexibility index (Phi) is 6.10. The molecular weight excluding hydrogens is 448 g/mol. The molecule has 166 valence electrons. The molecule has 0 aliphatic carbocycles. The van der Waals surface area contributed by atoms with Gasteiger partial charge in [-0.2, -0.15) is 0 Å². The highest BCUT2D eigenvalue weighted by Crippen LogP contribution is 2.33. The highest BCUT2D eigenvalue weighted by atomic mass is 35.5. The molecular formula is C24H17ClN2O6. The van der Waals surface area contributed by atoms with Gasteiger partial charge in [0, 0.05) is 16.1 Å². The number of ketones is 1. The van der Waals surface area contributed by atoms with Crippen molar-refractivity contribution < 1.29 is 29.0 Å². The van der Waals surface area contributed by atoms with Crippen LogP contribution in [0.3, 0.4) is 0 Å². The van der Waals surface area contributed by atoms with Gasteiger partial charge >= 0.3 is 5.97 Å². The van der Waals surface area contributed by atoms with Gasteiger partial charge in [0.25, 0.3) is 5.91 Å². The van der Waals surface area contributed by atoms with E-state index in [9.17, 15) is 24.3 Å². The second kappa shape index (κ2) is 9.13. The van der Waals surface area contributed by atoms with Gasteiger partial charge < -0.3 is 15.2 Å². The zero-order valence-corrected chi connectivity index (χ0v) is 17.8. The van der Waals surface area contributed by atoms with Crippen LogP contribution in [0.4, 0.5) is 11.4 Å². The maximum Gasteiger partial charge on any atom is 0.335 e. The highest BCUT2D eigenvalue weighted by Gasteiger charge is 2.29. The smallest absolute Gasteiger partial charge is 0.335 e. The van der Waals surface area contributed by atoms with Crippen LogP contribution in [-0.2, 0) is 9.59 Å². The normalized spacial score (nSPS) is 12.5. The lowest BCUT2D eigenvalue weighted by Crippen LogP contribution is -2.43. The molecule has 0 radical (unpaired) electrons.